The molecular formula is C19H23N5O3. The minimum absolute atomic E-state index is 0.280. The molecule has 142 valence electrons. The Bertz CT molecular complexity index is 1110. The molecule has 3 aromatic rings. The molecule has 0 spiro atoms. The minimum Gasteiger partial charge on any atom is -0.328 e. The third-order valence-corrected chi connectivity index (χ3v) is 4.88. The molecule has 1 unspecified atom stereocenters. The number of aryl methyl sites for hydroxylation is 2. The summed E-state index contributed by atoms with van der Waals surface area (Å²) in [6, 6.07) is 7.59. The molecule has 0 fully saturated rings. The first kappa shape index (κ1) is 18.6. The number of nitrogens with one attached hydrogen (secondary N) is 1. The Morgan fingerprint density at radius 1 is 1.19 bits per heavy atom. The number of anilines is 1. The quantitative estimate of drug-likeness (QED) is 0.739. The van der Waals surface area contributed by atoms with Crippen LogP contribution in [0.3, 0.4) is 0 Å². The van der Waals surface area contributed by atoms with Crippen LogP contribution in [0.4, 0.5) is 5.69 Å². The van der Waals surface area contributed by atoms with Crippen molar-refractivity contribution in [3.63, 3.8) is 0 Å². The molecule has 0 radical (unpaired) electrons. The first-order valence-corrected chi connectivity index (χ1v) is 8.84. The van der Waals surface area contributed by atoms with E-state index in [1.807, 2.05) is 24.3 Å². The van der Waals surface area contributed by atoms with Crippen LogP contribution in [-0.4, -0.2) is 24.6 Å². The number of nitrogens with zero attached hydrogens (tertiary/aromatic N) is 4. The van der Waals surface area contributed by atoms with Gasteiger partial charge in [0.2, 0.25) is 5.91 Å². The number of rotatable bonds is 5. The van der Waals surface area contributed by atoms with E-state index in [0.29, 0.717) is 17.3 Å². The van der Waals surface area contributed by atoms with Crippen molar-refractivity contribution in [3.05, 3.63) is 57.0 Å². The average molecular weight is 369 g/mol. The van der Waals surface area contributed by atoms with E-state index in [9.17, 15) is 14.4 Å². The van der Waals surface area contributed by atoms with Crippen LogP contribution in [0.5, 0.6) is 0 Å². The zero-order valence-corrected chi connectivity index (χ0v) is 15.9. The maximum atomic E-state index is 12.6. The van der Waals surface area contributed by atoms with Crippen molar-refractivity contribution in [2.45, 2.75) is 32.7 Å². The lowest BCUT2D eigenvalue weighted by Crippen LogP contribution is -2.42. The molecular weight excluding hydrogens is 346 g/mol. The number of carbonyl (C=O) groups excluding carboxylic acids is 1. The largest absolute Gasteiger partial charge is 0.332 e. The fraction of sp³-hybridized carbons (Fsp3) is 0.368. The molecule has 1 aromatic carbocycles. The molecule has 27 heavy (non-hydrogen) atoms. The standard InChI is InChI=1S/C19H23N5O3/c1-5-12(2)13-6-8-14(9-7-13)21-15(25)10-24-18(26)16-17(20-11-22(16)3)23(4)19(24)27/h6-9,11-12H,5,10H2,1-4H3,(H,21,25). The van der Waals surface area contributed by atoms with Crippen LogP contribution in [0.25, 0.3) is 11.2 Å². The lowest BCUT2D eigenvalue weighted by molar-refractivity contribution is -0.116. The van der Waals surface area contributed by atoms with Crippen molar-refractivity contribution >= 4 is 22.8 Å². The van der Waals surface area contributed by atoms with Gasteiger partial charge in [-0.3, -0.25) is 14.2 Å². The highest BCUT2D eigenvalue weighted by molar-refractivity contribution is 5.90. The summed E-state index contributed by atoms with van der Waals surface area (Å²) >= 11 is 0. The van der Waals surface area contributed by atoms with Gasteiger partial charge in [-0.05, 0) is 30.0 Å². The third kappa shape index (κ3) is 3.42. The number of fused-ring (bicyclic) bond motifs is 1. The molecule has 2 aromatic heterocycles. The molecule has 0 aliphatic rings. The molecule has 0 saturated carbocycles. The number of carbonyl (C=O) groups is 1. The Morgan fingerprint density at radius 3 is 2.48 bits per heavy atom. The van der Waals surface area contributed by atoms with Gasteiger partial charge in [0.25, 0.3) is 5.56 Å². The summed E-state index contributed by atoms with van der Waals surface area (Å²) in [6.45, 7) is 3.90. The molecule has 2 heterocycles. The predicted molar refractivity (Wildman–Crippen MR) is 104 cm³/mol. The summed E-state index contributed by atoms with van der Waals surface area (Å²) < 4.78 is 3.73. The number of hydrogen-bond acceptors (Lipinski definition) is 4. The van der Waals surface area contributed by atoms with E-state index < -0.39 is 17.2 Å². The lowest BCUT2D eigenvalue weighted by Gasteiger charge is -2.11. The Kier molecular flexibility index (Phi) is 4.98. The molecule has 1 amide bonds. The highest BCUT2D eigenvalue weighted by atomic mass is 16.2. The third-order valence-electron chi connectivity index (χ3n) is 4.88. The van der Waals surface area contributed by atoms with Crippen molar-refractivity contribution in [1.82, 2.24) is 18.7 Å². The molecule has 8 nitrogen and oxygen atoms in total. The molecule has 0 bridgehead atoms. The first-order valence-electron chi connectivity index (χ1n) is 8.84. The van der Waals surface area contributed by atoms with Crippen LogP contribution >= 0.6 is 0 Å². The van der Waals surface area contributed by atoms with Crippen LogP contribution in [-0.2, 0) is 25.4 Å². The van der Waals surface area contributed by atoms with Gasteiger partial charge in [0.15, 0.2) is 11.2 Å². The number of amides is 1. The number of benzene rings is 1. The molecule has 1 N–H and O–H groups in total. The lowest BCUT2D eigenvalue weighted by atomic mass is 9.99. The van der Waals surface area contributed by atoms with Gasteiger partial charge in [-0.15, -0.1) is 0 Å². The van der Waals surface area contributed by atoms with E-state index in [4.69, 9.17) is 0 Å². The Hall–Kier alpha value is -3.16. The maximum absolute atomic E-state index is 12.6. The monoisotopic (exact) mass is 369 g/mol. The fourth-order valence-corrected chi connectivity index (χ4v) is 3.01. The summed E-state index contributed by atoms with van der Waals surface area (Å²) in [5.74, 6) is 0.00832. The Labute approximate surface area is 156 Å². The van der Waals surface area contributed by atoms with E-state index in [1.54, 1.807) is 11.6 Å². The predicted octanol–water partition coefficient (Wildman–Crippen LogP) is 1.59. The SMILES string of the molecule is CCC(C)c1ccc(NC(=O)Cn2c(=O)c3c(ncn3C)n(C)c2=O)cc1. The van der Waals surface area contributed by atoms with Crippen molar-refractivity contribution in [3.8, 4) is 0 Å². The molecule has 0 aliphatic carbocycles. The van der Waals surface area contributed by atoms with Crippen molar-refractivity contribution in [2.24, 2.45) is 14.1 Å². The zero-order chi connectivity index (χ0) is 19.7. The molecule has 0 saturated heterocycles. The topological polar surface area (TPSA) is 90.9 Å². The summed E-state index contributed by atoms with van der Waals surface area (Å²) in [7, 11) is 3.20. The van der Waals surface area contributed by atoms with Crippen LogP contribution in [0.1, 0.15) is 31.7 Å². The summed E-state index contributed by atoms with van der Waals surface area (Å²) in [4.78, 5) is 41.5. The number of hydrogen-bond donors (Lipinski definition) is 1. The Morgan fingerprint density at radius 2 is 1.85 bits per heavy atom. The van der Waals surface area contributed by atoms with Gasteiger partial charge in [0, 0.05) is 19.8 Å². The number of aromatic nitrogens is 4. The van der Waals surface area contributed by atoms with Gasteiger partial charge in [0.1, 0.15) is 6.54 Å². The minimum atomic E-state index is -0.575. The molecule has 3 rings (SSSR count). The fourth-order valence-electron chi connectivity index (χ4n) is 3.01. The zero-order valence-electron chi connectivity index (χ0n) is 15.9. The second kappa shape index (κ2) is 7.22. The normalized spacial score (nSPS) is 12.3. The summed E-state index contributed by atoms with van der Waals surface area (Å²) in [5.41, 5.74) is 1.29. The van der Waals surface area contributed by atoms with Gasteiger partial charge >= 0.3 is 5.69 Å². The van der Waals surface area contributed by atoms with Crippen LogP contribution in [0.2, 0.25) is 0 Å². The molecule has 0 aliphatic heterocycles. The van der Waals surface area contributed by atoms with Crippen molar-refractivity contribution in [1.29, 1.82) is 0 Å². The van der Waals surface area contributed by atoms with Gasteiger partial charge in [-0.1, -0.05) is 26.0 Å². The van der Waals surface area contributed by atoms with Gasteiger partial charge in [-0.2, -0.15) is 0 Å². The Balaban J connectivity index is 1.85. The summed E-state index contributed by atoms with van der Waals surface area (Å²) in [5, 5.41) is 2.74. The maximum Gasteiger partial charge on any atom is 0.332 e. The van der Waals surface area contributed by atoms with Gasteiger partial charge < -0.3 is 9.88 Å². The van der Waals surface area contributed by atoms with E-state index >= 15 is 0 Å². The van der Waals surface area contributed by atoms with Crippen LogP contribution in [0.15, 0.2) is 40.2 Å². The highest BCUT2D eigenvalue weighted by Crippen LogP contribution is 2.20. The molecule has 8 heteroatoms. The van der Waals surface area contributed by atoms with E-state index in [0.717, 1.165) is 11.0 Å². The van der Waals surface area contributed by atoms with Crippen LogP contribution in [0, 0.1) is 0 Å². The van der Waals surface area contributed by atoms with E-state index in [-0.39, 0.29) is 12.1 Å². The van der Waals surface area contributed by atoms with Crippen LogP contribution < -0.4 is 16.6 Å². The highest BCUT2D eigenvalue weighted by Gasteiger charge is 2.17. The van der Waals surface area contributed by atoms with E-state index in [2.05, 4.69) is 24.1 Å². The first-order chi connectivity index (χ1) is 12.8. The van der Waals surface area contributed by atoms with Crippen molar-refractivity contribution in [2.75, 3.05) is 5.32 Å². The van der Waals surface area contributed by atoms with Gasteiger partial charge in [-0.25, -0.2) is 14.3 Å². The van der Waals surface area contributed by atoms with E-state index in [1.165, 1.54) is 23.5 Å². The second-order valence-electron chi connectivity index (χ2n) is 6.74. The number of imidazole rings is 1. The second-order valence-corrected chi connectivity index (χ2v) is 6.74. The molecule has 1 atom stereocenters. The average Bonchev–Trinajstić information content (AvgIpc) is 3.05. The summed E-state index contributed by atoms with van der Waals surface area (Å²) in [6.07, 6.45) is 2.50. The smallest absolute Gasteiger partial charge is 0.328 e. The van der Waals surface area contributed by atoms with Gasteiger partial charge in [0.05, 0.1) is 6.33 Å². The van der Waals surface area contributed by atoms with Crippen molar-refractivity contribution < 1.29 is 4.79 Å².